The molecule has 1 rings (SSSR count). The normalized spacial score (nSPS) is 11.2. The molecule has 76 valence electrons. The van der Waals surface area contributed by atoms with Crippen LogP contribution in [0.1, 0.15) is 17.3 Å². The van der Waals surface area contributed by atoms with Gasteiger partial charge in [0.25, 0.3) is 0 Å². The van der Waals surface area contributed by atoms with Crippen molar-refractivity contribution < 1.29 is 14.7 Å². The standard InChI is InChI=1S/C10H10O3.ClH/c1-7(10(12)13)9(11)8-5-3-2-4-6-8;/h2-7H,1H3,(H,12,13);1H/p-1. The quantitative estimate of drug-likeness (QED) is 0.548. The van der Waals surface area contributed by atoms with Gasteiger partial charge in [0.2, 0.25) is 0 Å². The van der Waals surface area contributed by atoms with Gasteiger partial charge in [-0.05, 0) is 6.92 Å². The Labute approximate surface area is 88.2 Å². The van der Waals surface area contributed by atoms with Crippen LogP contribution in [-0.2, 0) is 4.79 Å². The zero-order valence-electron chi connectivity index (χ0n) is 7.60. The van der Waals surface area contributed by atoms with Gasteiger partial charge in [-0.25, -0.2) is 0 Å². The van der Waals surface area contributed by atoms with Crippen LogP contribution in [0, 0.1) is 5.92 Å². The van der Waals surface area contributed by atoms with Crippen molar-refractivity contribution in [1.82, 2.24) is 0 Å². The first-order chi connectivity index (χ1) is 6.13. The van der Waals surface area contributed by atoms with Crippen molar-refractivity contribution in [3.8, 4) is 0 Å². The molecule has 0 aliphatic heterocycles. The van der Waals surface area contributed by atoms with Crippen molar-refractivity contribution in [2.75, 3.05) is 0 Å². The van der Waals surface area contributed by atoms with E-state index in [9.17, 15) is 14.7 Å². The second-order valence-corrected chi connectivity index (χ2v) is 2.77. The van der Waals surface area contributed by atoms with E-state index in [2.05, 4.69) is 0 Å². The van der Waals surface area contributed by atoms with E-state index < -0.39 is 17.7 Å². The van der Waals surface area contributed by atoms with Crippen LogP contribution in [0.3, 0.4) is 0 Å². The number of benzene rings is 1. The number of rotatable bonds is 3. The van der Waals surface area contributed by atoms with Gasteiger partial charge in [-0.15, -0.1) is 12.4 Å². The number of ketones is 1. The third-order valence-corrected chi connectivity index (χ3v) is 1.81. The highest BCUT2D eigenvalue weighted by Gasteiger charge is 2.14. The minimum Gasteiger partial charge on any atom is -0.549 e. The molecule has 0 bridgehead atoms. The molecule has 0 amide bonds. The zero-order chi connectivity index (χ0) is 9.84. The molecular formula is C10H10ClO3-. The number of carboxylic acid groups (broad SMARTS) is 1. The maximum absolute atomic E-state index is 11.4. The van der Waals surface area contributed by atoms with Crippen LogP contribution in [0.2, 0.25) is 0 Å². The maximum Gasteiger partial charge on any atom is 0.171 e. The average Bonchev–Trinajstić information content (AvgIpc) is 2.17. The summed E-state index contributed by atoms with van der Waals surface area (Å²) in [6.45, 7) is 1.32. The lowest BCUT2D eigenvalue weighted by Gasteiger charge is -2.10. The lowest BCUT2D eigenvalue weighted by atomic mass is 10.00. The number of carbonyl (C=O) groups excluding carboxylic acids is 2. The molecule has 0 heterocycles. The molecule has 0 N–H and O–H groups in total. The highest BCUT2D eigenvalue weighted by atomic mass is 35.5. The monoisotopic (exact) mass is 213 g/mol. The highest BCUT2D eigenvalue weighted by molar-refractivity contribution is 6.07. The summed E-state index contributed by atoms with van der Waals surface area (Å²) >= 11 is 0. The number of halogens is 1. The predicted octanol–water partition coefficient (Wildman–Crippen LogP) is 0.677. The molecule has 1 aromatic carbocycles. The van der Waals surface area contributed by atoms with Crippen molar-refractivity contribution in [3.63, 3.8) is 0 Å². The number of hydrogen-bond acceptors (Lipinski definition) is 3. The van der Waals surface area contributed by atoms with Gasteiger partial charge in [0.05, 0.1) is 11.9 Å². The predicted molar refractivity (Wildman–Crippen MR) is 52.2 cm³/mol. The summed E-state index contributed by atoms with van der Waals surface area (Å²) in [5, 5.41) is 10.4. The lowest BCUT2D eigenvalue weighted by Crippen LogP contribution is -2.34. The Morgan fingerprint density at radius 3 is 2.14 bits per heavy atom. The molecule has 4 heteroatoms. The van der Waals surface area contributed by atoms with E-state index in [0.717, 1.165) is 0 Å². The van der Waals surface area contributed by atoms with Crippen molar-refractivity contribution in [2.45, 2.75) is 6.92 Å². The van der Waals surface area contributed by atoms with Gasteiger partial charge < -0.3 is 9.90 Å². The van der Waals surface area contributed by atoms with Gasteiger partial charge in [-0.1, -0.05) is 30.3 Å². The minimum atomic E-state index is -1.34. The van der Waals surface area contributed by atoms with Crippen LogP contribution in [-0.4, -0.2) is 11.8 Å². The summed E-state index contributed by atoms with van der Waals surface area (Å²) in [5.74, 6) is -2.84. The van der Waals surface area contributed by atoms with Gasteiger partial charge in [0, 0.05) is 5.56 Å². The van der Waals surface area contributed by atoms with Gasteiger partial charge in [0.15, 0.2) is 5.78 Å². The third kappa shape index (κ3) is 2.85. The number of Topliss-reactive ketones (excluding diaryl/α,β-unsaturated/α-hetero) is 1. The topological polar surface area (TPSA) is 57.2 Å². The molecule has 1 aromatic rings. The van der Waals surface area contributed by atoms with Crippen molar-refractivity contribution in [3.05, 3.63) is 35.9 Å². The van der Waals surface area contributed by atoms with Crippen LogP contribution < -0.4 is 5.11 Å². The Morgan fingerprint density at radius 2 is 1.71 bits per heavy atom. The lowest BCUT2D eigenvalue weighted by molar-refractivity contribution is -0.308. The highest BCUT2D eigenvalue weighted by Crippen LogP contribution is 2.07. The number of carboxylic acids is 1. The molecule has 0 saturated heterocycles. The summed E-state index contributed by atoms with van der Waals surface area (Å²) in [7, 11) is 0. The summed E-state index contributed by atoms with van der Waals surface area (Å²) in [4.78, 5) is 21.7. The van der Waals surface area contributed by atoms with E-state index in [0.29, 0.717) is 5.56 Å². The van der Waals surface area contributed by atoms with Crippen LogP contribution in [0.4, 0.5) is 0 Å². The number of hydrogen-bond donors (Lipinski definition) is 0. The Bertz CT molecular complexity index is 321. The van der Waals surface area contributed by atoms with Gasteiger partial charge in [0.1, 0.15) is 0 Å². The van der Waals surface area contributed by atoms with E-state index in [-0.39, 0.29) is 12.4 Å². The molecule has 1 unspecified atom stereocenters. The molecule has 0 aromatic heterocycles. The molecule has 0 aliphatic rings. The minimum absolute atomic E-state index is 0. The molecule has 0 fully saturated rings. The first-order valence-corrected chi connectivity index (χ1v) is 3.93. The third-order valence-electron chi connectivity index (χ3n) is 1.81. The van der Waals surface area contributed by atoms with E-state index >= 15 is 0 Å². The summed E-state index contributed by atoms with van der Waals surface area (Å²) in [6, 6.07) is 8.31. The van der Waals surface area contributed by atoms with Crippen LogP contribution in [0.15, 0.2) is 30.3 Å². The fraction of sp³-hybridized carbons (Fsp3) is 0.200. The van der Waals surface area contributed by atoms with E-state index in [1.54, 1.807) is 30.3 Å². The second kappa shape index (κ2) is 5.40. The van der Waals surface area contributed by atoms with Crippen LogP contribution in [0.5, 0.6) is 0 Å². The smallest absolute Gasteiger partial charge is 0.171 e. The van der Waals surface area contributed by atoms with Gasteiger partial charge in [-0.3, -0.25) is 4.79 Å². The first kappa shape index (κ1) is 12.7. The Balaban J connectivity index is 0.00000169. The second-order valence-electron chi connectivity index (χ2n) is 2.77. The van der Waals surface area contributed by atoms with Crippen LogP contribution in [0.25, 0.3) is 0 Å². The van der Waals surface area contributed by atoms with Gasteiger partial charge >= 0.3 is 0 Å². The molecule has 0 aliphatic carbocycles. The van der Waals surface area contributed by atoms with E-state index in [4.69, 9.17) is 0 Å². The average molecular weight is 214 g/mol. The Morgan fingerprint density at radius 1 is 1.21 bits per heavy atom. The fourth-order valence-electron chi connectivity index (χ4n) is 0.959. The zero-order valence-corrected chi connectivity index (χ0v) is 8.41. The van der Waals surface area contributed by atoms with Crippen molar-refractivity contribution >= 4 is 24.2 Å². The van der Waals surface area contributed by atoms with E-state index in [1.807, 2.05) is 0 Å². The summed E-state index contributed by atoms with van der Waals surface area (Å²) in [6.07, 6.45) is 0. The molecular weight excluding hydrogens is 204 g/mol. The number of aliphatic carboxylic acids is 1. The van der Waals surface area contributed by atoms with Gasteiger partial charge in [-0.2, -0.15) is 0 Å². The first-order valence-electron chi connectivity index (χ1n) is 3.93. The summed E-state index contributed by atoms with van der Waals surface area (Å²) < 4.78 is 0. The summed E-state index contributed by atoms with van der Waals surface area (Å²) in [5.41, 5.74) is 0.402. The Hall–Kier alpha value is -1.35. The molecule has 1 atom stereocenters. The SMILES string of the molecule is CC(C(=O)[O-])C(=O)c1ccccc1.Cl. The van der Waals surface area contributed by atoms with E-state index in [1.165, 1.54) is 6.92 Å². The molecule has 0 radical (unpaired) electrons. The van der Waals surface area contributed by atoms with Crippen molar-refractivity contribution in [1.29, 1.82) is 0 Å². The number of carbonyl (C=O) groups is 2. The largest absolute Gasteiger partial charge is 0.549 e. The molecule has 0 saturated carbocycles. The van der Waals surface area contributed by atoms with Crippen LogP contribution >= 0.6 is 12.4 Å². The molecule has 3 nitrogen and oxygen atoms in total. The molecule has 14 heavy (non-hydrogen) atoms. The Kier molecular flexibility index (Phi) is 4.87. The van der Waals surface area contributed by atoms with Crippen molar-refractivity contribution in [2.24, 2.45) is 5.92 Å². The fourth-order valence-corrected chi connectivity index (χ4v) is 0.959. The molecule has 0 spiro atoms. The maximum atomic E-state index is 11.4.